The van der Waals surface area contributed by atoms with Crippen molar-refractivity contribution in [1.82, 2.24) is 14.7 Å². The lowest BCUT2D eigenvalue weighted by Gasteiger charge is -2.22. The van der Waals surface area contributed by atoms with Crippen LogP contribution in [0.15, 0.2) is 12.4 Å². The molecule has 0 spiro atoms. The molecule has 0 aliphatic rings. The summed E-state index contributed by atoms with van der Waals surface area (Å²) in [6.45, 7) is 6.66. The number of aliphatic hydroxyl groups excluding tert-OH is 1. The fourth-order valence-electron chi connectivity index (χ4n) is 1.54. The molecule has 0 saturated heterocycles. The maximum absolute atomic E-state index is 9.58. The van der Waals surface area contributed by atoms with Gasteiger partial charge in [-0.1, -0.05) is 13.8 Å². The first-order valence-corrected chi connectivity index (χ1v) is 5.53. The number of hydrogen-bond donors (Lipinski definition) is 1. The summed E-state index contributed by atoms with van der Waals surface area (Å²) >= 11 is 0. The molecule has 15 heavy (non-hydrogen) atoms. The molecule has 1 aromatic heterocycles. The fourth-order valence-corrected chi connectivity index (χ4v) is 1.54. The van der Waals surface area contributed by atoms with Crippen LogP contribution in [0.4, 0.5) is 0 Å². The van der Waals surface area contributed by atoms with Crippen molar-refractivity contribution in [1.29, 1.82) is 0 Å². The number of aliphatic hydroxyl groups is 1. The lowest BCUT2D eigenvalue weighted by Crippen LogP contribution is -2.31. The molecule has 0 radical (unpaired) electrons. The minimum Gasteiger partial charge on any atom is -0.392 e. The third-order valence-corrected chi connectivity index (χ3v) is 2.55. The van der Waals surface area contributed by atoms with Gasteiger partial charge in [0.05, 0.1) is 12.3 Å². The van der Waals surface area contributed by atoms with Gasteiger partial charge in [0, 0.05) is 31.9 Å². The molecule has 1 atom stereocenters. The second kappa shape index (κ2) is 5.88. The first-order valence-electron chi connectivity index (χ1n) is 5.53. The highest BCUT2D eigenvalue weighted by molar-refractivity contribution is 5.03. The molecule has 1 aromatic rings. The van der Waals surface area contributed by atoms with E-state index in [2.05, 4.69) is 16.9 Å². The van der Waals surface area contributed by atoms with Gasteiger partial charge in [-0.05, 0) is 13.0 Å². The SMILES string of the molecule is CC[C@@H](O)CN(CC)Cc1cnn(C)c1. The zero-order chi connectivity index (χ0) is 11.3. The first kappa shape index (κ1) is 12.2. The average Bonchev–Trinajstić information content (AvgIpc) is 2.62. The highest BCUT2D eigenvalue weighted by Crippen LogP contribution is 2.04. The number of aromatic nitrogens is 2. The molecule has 0 aliphatic carbocycles. The van der Waals surface area contributed by atoms with Crippen LogP contribution >= 0.6 is 0 Å². The highest BCUT2D eigenvalue weighted by atomic mass is 16.3. The molecule has 0 aliphatic heterocycles. The van der Waals surface area contributed by atoms with Crippen molar-refractivity contribution in [3.05, 3.63) is 18.0 Å². The third kappa shape index (κ3) is 4.01. The van der Waals surface area contributed by atoms with Gasteiger partial charge in [-0.25, -0.2) is 0 Å². The average molecular weight is 211 g/mol. The van der Waals surface area contributed by atoms with E-state index in [-0.39, 0.29) is 6.10 Å². The predicted octanol–water partition coefficient (Wildman–Crippen LogP) is 1.01. The molecular weight excluding hydrogens is 190 g/mol. The van der Waals surface area contributed by atoms with Gasteiger partial charge in [0.15, 0.2) is 0 Å². The van der Waals surface area contributed by atoms with E-state index < -0.39 is 0 Å². The second-order valence-corrected chi connectivity index (χ2v) is 3.91. The number of rotatable bonds is 6. The van der Waals surface area contributed by atoms with Gasteiger partial charge in [-0.15, -0.1) is 0 Å². The lowest BCUT2D eigenvalue weighted by molar-refractivity contribution is 0.108. The molecular formula is C11H21N3O. The standard InChI is InChI=1S/C11H21N3O/c1-4-11(15)9-14(5-2)8-10-6-12-13(3)7-10/h6-7,11,15H,4-5,8-9H2,1-3H3/t11-/m1/s1. The van der Waals surface area contributed by atoms with Crippen LogP contribution in [-0.2, 0) is 13.6 Å². The lowest BCUT2D eigenvalue weighted by atomic mass is 10.2. The zero-order valence-corrected chi connectivity index (χ0v) is 9.85. The van der Waals surface area contributed by atoms with Gasteiger partial charge in [0.25, 0.3) is 0 Å². The quantitative estimate of drug-likeness (QED) is 0.763. The summed E-state index contributed by atoms with van der Waals surface area (Å²) in [5.41, 5.74) is 1.20. The fraction of sp³-hybridized carbons (Fsp3) is 0.727. The van der Waals surface area contributed by atoms with Gasteiger partial charge in [-0.2, -0.15) is 5.10 Å². The Morgan fingerprint density at radius 3 is 2.73 bits per heavy atom. The molecule has 1 N–H and O–H groups in total. The van der Waals surface area contributed by atoms with Crippen LogP contribution in [0.1, 0.15) is 25.8 Å². The maximum Gasteiger partial charge on any atom is 0.0664 e. The van der Waals surface area contributed by atoms with Gasteiger partial charge in [0.2, 0.25) is 0 Å². The zero-order valence-electron chi connectivity index (χ0n) is 9.85. The van der Waals surface area contributed by atoms with E-state index in [0.29, 0.717) is 0 Å². The van der Waals surface area contributed by atoms with E-state index in [0.717, 1.165) is 26.1 Å². The normalized spacial score (nSPS) is 13.4. The van der Waals surface area contributed by atoms with E-state index in [1.165, 1.54) is 5.56 Å². The summed E-state index contributed by atoms with van der Waals surface area (Å²) in [6, 6.07) is 0. The second-order valence-electron chi connectivity index (χ2n) is 3.91. The van der Waals surface area contributed by atoms with E-state index in [4.69, 9.17) is 0 Å². The Bertz CT molecular complexity index is 285. The van der Waals surface area contributed by atoms with Crippen molar-refractivity contribution in [2.45, 2.75) is 32.9 Å². The topological polar surface area (TPSA) is 41.3 Å². The van der Waals surface area contributed by atoms with Gasteiger partial charge in [0.1, 0.15) is 0 Å². The van der Waals surface area contributed by atoms with Gasteiger partial charge >= 0.3 is 0 Å². The van der Waals surface area contributed by atoms with Crippen molar-refractivity contribution in [3.63, 3.8) is 0 Å². The molecule has 0 bridgehead atoms. The highest BCUT2D eigenvalue weighted by Gasteiger charge is 2.09. The Hall–Kier alpha value is -0.870. The number of nitrogens with zero attached hydrogens (tertiary/aromatic N) is 3. The molecule has 4 heteroatoms. The molecule has 0 unspecified atom stereocenters. The van der Waals surface area contributed by atoms with E-state index >= 15 is 0 Å². The monoisotopic (exact) mass is 211 g/mol. The Balaban J connectivity index is 2.46. The van der Waals surface area contributed by atoms with Crippen molar-refractivity contribution in [2.75, 3.05) is 13.1 Å². The summed E-state index contributed by atoms with van der Waals surface area (Å²) in [5.74, 6) is 0. The summed E-state index contributed by atoms with van der Waals surface area (Å²) in [7, 11) is 1.92. The molecule has 0 aromatic carbocycles. The molecule has 1 rings (SSSR count). The summed E-state index contributed by atoms with van der Waals surface area (Å²) in [4.78, 5) is 2.23. The molecule has 0 saturated carbocycles. The Morgan fingerprint density at radius 1 is 1.53 bits per heavy atom. The predicted molar refractivity (Wildman–Crippen MR) is 60.5 cm³/mol. The minimum atomic E-state index is -0.221. The third-order valence-electron chi connectivity index (χ3n) is 2.55. The summed E-state index contributed by atoms with van der Waals surface area (Å²) < 4.78 is 1.80. The van der Waals surface area contributed by atoms with Crippen molar-refractivity contribution >= 4 is 0 Å². The first-order chi connectivity index (χ1) is 7.15. The number of likely N-dealkylation sites (N-methyl/N-ethyl adjacent to an activating group) is 1. The maximum atomic E-state index is 9.58. The smallest absolute Gasteiger partial charge is 0.0664 e. The van der Waals surface area contributed by atoms with Crippen LogP contribution in [0.2, 0.25) is 0 Å². The number of aryl methyl sites for hydroxylation is 1. The van der Waals surface area contributed by atoms with Gasteiger partial charge in [-0.3, -0.25) is 9.58 Å². The Labute approximate surface area is 91.5 Å². The minimum absolute atomic E-state index is 0.221. The molecule has 4 nitrogen and oxygen atoms in total. The van der Waals surface area contributed by atoms with Crippen molar-refractivity contribution in [2.24, 2.45) is 7.05 Å². The van der Waals surface area contributed by atoms with Crippen LogP contribution < -0.4 is 0 Å². The number of hydrogen-bond acceptors (Lipinski definition) is 3. The van der Waals surface area contributed by atoms with Crippen molar-refractivity contribution < 1.29 is 5.11 Å². The molecule has 0 amide bonds. The van der Waals surface area contributed by atoms with Crippen molar-refractivity contribution in [3.8, 4) is 0 Å². The van der Waals surface area contributed by atoms with Crippen LogP contribution in [-0.4, -0.2) is 39.0 Å². The Morgan fingerprint density at radius 2 is 2.27 bits per heavy atom. The molecule has 1 heterocycles. The van der Waals surface area contributed by atoms with Crippen LogP contribution in [0.3, 0.4) is 0 Å². The van der Waals surface area contributed by atoms with E-state index in [9.17, 15) is 5.11 Å². The summed E-state index contributed by atoms with van der Waals surface area (Å²) in [6.07, 6.45) is 4.48. The van der Waals surface area contributed by atoms with Crippen LogP contribution in [0.25, 0.3) is 0 Å². The molecule has 0 fully saturated rings. The van der Waals surface area contributed by atoms with E-state index in [1.54, 1.807) is 4.68 Å². The van der Waals surface area contributed by atoms with E-state index in [1.807, 2.05) is 26.4 Å². The largest absolute Gasteiger partial charge is 0.392 e. The molecule has 86 valence electrons. The Kier molecular flexibility index (Phi) is 4.78. The van der Waals surface area contributed by atoms with Crippen LogP contribution in [0, 0.1) is 0 Å². The van der Waals surface area contributed by atoms with Gasteiger partial charge < -0.3 is 5.11 Å². The summed E-state index contributed by atoms with van der Waals surface area (Å²) in [5, 5.41) is 13.7. The van der Waals surface area contributed by atoms with Crippen LogP contribution in [0.5, 0.6) is 0 Å².